The minimum Gasteiger partial charge on any atom is -0.456 e. The maximum absolute atomic E-state index is 16.2. The van der Waals surface area contributed by atoms with Gasteiger partial charge in [-0.25, -0.2) is 9.59 Å². The van der Waals surface area contributed by atoms with Crippen LogP contribution in [0.25, 0.3) is 0 Å². The number of nitrogens with one attached hydrogen (secondary N) is 1. The van der Waals surface area contributed by atoms with Gasteiger partial charge in [-0.05, 0) is 73.4 Å². The van der Waals surface area contributed by atoms with Gasteiger partial charge in [-0.1, -0.05) is 87.5 Å². The molecule has 0 radical (unpaired) electrons. The summed E-state index contributed by atoms with van der Waals surface area (Å²) in [6.45, 7) is 10.4. The van der Waals surface area contributed by atoms with Gasteiger partial charge in [0.1, 0.15) is 23.9 Å². The first-order valence-electron chi connectivity index (χ1n) is 22.3. The largest absolute Gasteiger partial charge is 0.456 e. The molecule has 3 N–H and O–H groups in total. The number of aliphatic hydroxyl groups excluding tert-OH is 1. The number of carbonyl (C=O) groups is 6. The number of amides is 1. The maximum atomic E-state index is 16.2. The highest BCUT2D eigenvalue weighted by atomic mass is 32.2. The lowest BCUT2D eigenvalue weighted by Gasteiger charge is -2.64. The molecule has 1 amide bonds. The zero-order chi connectivity index (χ0) is 48.6. The fourth-order valence-corrected chi connectivity index (χ4v) is 11.4. The standard InChI is InChI=1S/C51H59NO14S/c1-28-24-36(62-27-67-8)49(7)41(50(66-31(4)54)26-61-43(28)50)44(65-46(58)34-22-16-11-17-23-34)51(60)25-35(29(2)37(48(51,5)6)40(42(49)56)63-30(3)53)64-47(59)39(55)38(32-18-12-9-13-19-32)52-45(57)33-20-14-10-15-21-33/h9-23,28,35-36,38-41,43-44,55,60H,24-27H2,1-8H3,(H,52,57)/t28-,35+,36+,38+,39-,40-,41+,43-,44+,49-,50-,51-/m1/s1. The molecule has 3 aliphatic carbocycles. The Morgan fingerprint density at radius 3 is 2.01 bits per heavy atom. The zero-order valence-electron chi connectivity index (χ0n) is 38.9. The van der Waals surface area contributed by atoms with Crippen molar-refractivity contribution in [1.29, 1.82) is 0 Å². The molecule has 3 fully saturated rings. The van der Waals surface area contributed by atoms with Gasteiger partial charge >= 0.3 is 23.9 Å². The van der Waals surface area contributed by atoms with Crippen LogP contribution in [0, 0.1) is 22.7 Å². The normalized spacial score (nSPS) is 31.7. The molecule has 358 valence electrons. The van der Waals surface area contributed by atoms with Crippen LogP contribution in [-0.2, 0) is 47.6 Å². The fraction of sp³-hybridized carbons (Fsp3) is 0.490. The number of rotatable bonds is 13. The van der Waals surface area contributed by atoms with Crippen LogP contribution >= 0.6 is 11.8 Å². The number of carbonyl (C=O) groups excluding carboxylic acids is 6. The molecular formula is C51H59NO14S. The number of hydrogen-bond acceptors (Lipinski definition) is 15. The summed E-state index contributed by atoms with van der Waals surface area (Å²) in [6.07, 6.45) is -7.44. The third-order valence-corrected chi connectivity index (χ3v) is 14.8. The quantitative estimate of drug-likeness (QED) is 0.0811. The Morgan fingerprint density at radius 2 is 1.46 bits per heavy atom. The van der Waals surface area contributed by atoms with Gasteiger partial charge in [0.15, 0.2) is 23.6 Å². The molecule has 3 aromatic rings. The Hall–Kier alpha value is -5.39. The Labute approximate surface area is 394 Å². The van der Waals surface area contributed by atoms with Crippen molar-refractivity contribution in [3.63, 3.8) is 0 Å². The zero-order valence-corrected chi connectivity index (χ0v) is 39.7. The lowest BCUT2D eigenvalue weighted by molar-refractivity contribution is -0.320. The van der Waals surface area contributed by atoms with E-state index in [0.29, 0.717) is 5.56 Å². The highest BCUT2D eigenvalue weighted by Gasteiger charge is 2.78. The van der Waals surface area contributed by atoms with Crippen LogP contribution in [0.4, 0.5) is 0 Å². The molecule has 7 rings (SSSR count). The number of esters is 4. The molecule has 12 atom stereocenters. The summed E-state index contributed by atoms with van der Waals surface area (Å²) in [5, 5.41) is 28.7. The first-order valence-corrected chi connectivity index (χ1v) is 23.7. The van der Waals surface area contributed by atoms with Gasteiger partial charge in [-0.15, -0.1) is 11.8 Å². The van der Waals surface area contributed by atoms with Crippen molar-refractivity contribution in [3.05, 3.63) is 119 Å². The van der Waals surface area contributed by atoms with Crippen LogP contribution in [0.1, 0.15) is 93.6 Å². The van der Waals surface area contributed by atoms with E-state index in [1.165, 1.54) is 30.8 Å². The molecule has 1 heterocycles. The molecule has 16 heteroatoms. The maximum Gasteiger partial charge on any atom is 0.338 e. The predicted octanol–water partition coefficient (Wildman–Crippen LogP) is 5.72. The summed E-state index contributed by atoms with van der Waals surface area (Å²) in [5.74, 6) is -6.73. The Bertz CT molecular complexity index is 2390. The van der Waals surface area contributed by atoms with Gasteiger partial charge in [0.2, 0.25) is 0 Å². The lowest BCUT2D eigenvalue weighted by atomic mass is 9.47. The molecule has 1 saturated heterocycles. The lowest BCUT2D eigenvalue weighted by Crippen LogP contribution is -2.78. The number of ketones is 1. The second-order valence-corrected chi connectivity index (χ2v) is 19.6. The number of benzene rings is 3. The average Bonchev–Trinajstić information content (AvgIpc) is 3.33. The van der Waals surface area contributed by atoms with E-state index in [4.69, 9.17) is 28.4 Å². The second-order valence-electron chi connectivity index (χ2n) is 18.8. The Kier molecular flexibility index (Phi) is 14.3. The van der Waals surface area contributed by atoms with E-state index < -0.39 is 119 Å². The minimum atomic E-state index is -2.36. The molecule has 2 bridgehead atoms. The molecule has 0 unspecified atom stereocenters. The van der Waals surface area contributed by atoms with Crippen molar-refractivity contribution in [2.45, 2.75) is 115 Å². The highest BCUT2D eigenvalue weighted by Crippen LogP contribution is 2.64. The van der Waals surface area contributed by atoms with Crippen LogP contribution in [0.15, 0.2) is 102 Å². The summed E-state index contributed by atoms with van der Waals surface area (Å²) in [6, 6.07) is 23.3. The van der Waals surface area contributed by atoms with Gasteiger partial charge in [0, 0.05) is 31.2 Å². The number of thioether (sulfide) groups is 1. The molecule has 0 spiro atoms. The Morgan fingerprint density at radius 1 is 0.866 bits per heavy atom. The molecular weight excluding hydrogens is 883 g/mol. The van der Waals surface area contributed by atoms with E-state index in [1.807, 2.05) is 13.2 Å². The van der Waals surface area contributed by atoms with Crippen molar-refractivity contribution in [1.82, 2.24) is 5.32 Å². The third kappa shape index (κ3) is 8.82. The van der Waals surface area contributed by atoms with E-state index in [9.17, 15) is 34.2 Å². The molecule has 2 saturated carbocycles. The molecule has 1 aliphatic heterocycles. The summed E-state index contributed by atoms with van der Waals surface area (Å²) < 4.78 is 38.1. The van der Waals surface area contributed by atoms with Crippen LogP contribution in [0.5, 0.6) is 0 Å². The fourth-order valence-electron chi connectivity index (χ4n) is 11.1. The van der Waals surface area contributed by atoms with Gasteiger partial charge in [0.25, 0.3) is 5.91 Å². The number of aliphatic hydroxyl groups is 2. The van der Waals surface area contributed by atoms with Crippen molar-refractivity contribution < 1.29 is 67.4 Å². The summed E-state index contributed by atoms with van der Waals surface area (Å²) in [4.78, 5) is 85.5. The van der Waals surface area contributed by atoms with Crippen molar-refractivity contribution >= 4 is 47.3 Å². The highest BCUT2D eigenvalue weighted by molar-refractivity contribution is 7.98. The monoisotopic (exact) mass is 941 g/mol. The van der Waals surface area contributed by atoms with E-state index in [2.05, 4.69) is 5.32 Å². The van der Waals surface area contributed by atoms with E-state index in [1.54, 1.807) is 107 Å². The van der Waals surface area contributed by atoms with Crippen LogP contribution in [0.2, 0.25) is 0 Å². The predicted molar refractivity (Wildman–Crippen MR) is 244 cm³/mol. The molecule has 15 nitrogen and oxygen atoms in total. The number of ether oxygens (including phenoxy) is 6. The van der Waals surface area contributed by atoms with Crippen LogP contribution < -0.4 is 5.32 Å². The molecule has 67 heavy (non-hydrogen) atoms. The SMILES string of the molecule is CSCO[C@H]1C[C@@H](C)[C@H]2OC[C@@]2(OC(C)=O)[C@H]2[C@H](OC(=O)c3ccccc3)[C@]3(O)C[C@H](OC(=O)[C@H](O)[C@@H](NC(=O)c4ccccc4)c4ccccc4)C(C)=C([C@@H](OC(C)=O)C(=O)[C@]12C)C3(C)C. The van der Waals surface area contributed by atoms with Gasteiger partial charge in [0.05, 0.1) is 41.6 Å². The second kappa shape index (κ2) is 19.3. The average molecular weight is 942 g/mol. The number of fused-ring (bicyclic) bond motifs is 5. The molecule has 3 aromatic carbocycles. The van der Waals surface area contributed by atoms with Crippen molar-refractivity contribution in [2.75, 3.05) is 18.8 Å². The van der Waals surface area contributed by atoms with Crippen molar-refractivity contribution in [3.8, 4) is 0 Å². The van der Waals surface area contributed by atoms with E-state index >= 15 is 4.79 Å². The van der Waals surface area contributed by atoms with Gasteiger partial charge in [-0.3, -0.25) is 19.2 Å². The summed E-state index contributed by atoms with van der Waals surface area (Å²) in [5.41, 5.74) is -6.58. The van der Waals surface area contributed by atoms with Crippen LogP contribution in [-0.4, -0.2) is 112 Å². The topological polar surface area (TPSA) is 210 Å². The minimum absolute atomic E-state index is 0.0648. The van der Waals surface area contributed by atoms with E-state index in [0.717, 1.165) is 6.92 Å². The van der Waals surface area contributed by atoms with Crippen LogP contribution in [0.3, 0.4) is 0 Å². The molecule has 4 aliphatic rings. The molecule has 0 aromatic heterocycles. The van der Waals surface area contributed by atoms with E-state index in [-0.39, 0.29) is 41.2 Å². The summed E-state index contributed by atoms with van der Waals surface area (Å²) in [7, 11) is 0. The van der Waals surface area contributed by atoms with Gasteiger partial charge in [-0.2, -0.15) is 0 Å². The Balaban J connectivity index is 1.44. The summed E-state index contributed by atoms with van der Waals surface area (Å²) >= 11 is 1.35. The smallest absolute Gasteiger partial charge is 0.338 e. The van der Waals surface area contributed by atoms with Crippen molar-refractivity contribution in [2.24, 2.45) is 22.7 Å². The number of Topliss-reactive ketones (excluding diaryl/α,β-unsaturated/α-hetero) is 1. The van der Waals surface area contributed by atoms with Gasteiger partial charge < -0.3 is 44.0 Å². The number of hydrogen-bond donors (Lipinski definition) is 3. The first kappa shape index (κ1) is 49.5. The third-order valence-electron chi connectivity index (χ3n) is 14.4. The first-order chi connectivity index (χ1) is 31.7.